The minimum absolute atomic E-state index is 0.0106. The van der Waals surface area contributed by atoms with Gasteiger partial charge in [-0.05, 0) is 52.1 Å². The number of hydrogen-bond donors (Lipinski definition) is 1. The standard InChI is InChI=1S/C38H45ClFN7O6/c1-38(2,3)53-37(49)47-23-12-13-24(47)19-46(18-23)34-28-17-42-32(27-10-6-8-22-9-7-11-29(39)30(22)27)31(40)33(28)43-35(44-34)51-21-25-16-26(20-45(25)4)52-36(48)41-14-15-50-5/h6-11,17,23-26H,12-16,18-21H2,1-5H3,(H,41,48)/t23-,24+,25-,26+/m0/s1. The molecule has 7 rings (SSSR count). The highest BCUT2D eigenvalue weighted by Crippen LogP contribution is 2.39. The van der Waals surface area contributed by atoms with Crippen molar-refractivity contribution in [3.8, 4) is 17.3 Å². The number of likely N-dealkylation sites (tertiary alicyclic amines) is 1. The third-order valence-corrected chi connectivity index (χ3v) is 10.4. The number of aromatic nitrogens is 3. The van der Waals surface area contributed by atoms with Crippen LogP contribution in [0.15, 0.2) is 42.6 Å². The number of carbonyl (C=O) groups is 2. The Morgan fingerprint density at radius 1 is 1.06 bits per heavy atom. The fraction of sp³-hybridized carbons (Fsp3) is 0.500. The number of anilines is 1. The summed E-state index contributed by atoms with van der Waals surface area (Å²) in [7, 11) is 3.49. The first kappa shape index (κ1) is 36.8. The predicted octanol–water partition coefficient (Wildman–Crippen LogP) is 6.05. The molecular formula is C38H45ClFN7O6. The Balaban J connectivity index is 1.20. The molecule has 0 spiro atoms. The van der Waals surface area contributed by atoms with Crippen molar-refractivity contribution in [1.29, 1.82) is 0 Å². The van der Waals surface area contributed by atoms with Gasteiger partial charge in [0.1, 0.15) is 35.3 Å². The third-order valence-electron chi connectivity index (χ3n) is 10.0. The van der Waals surface area contributed by atoms with E-state index in [-0.39, 0.29) is 54.2 Å². The van der Waals surface area contributed by atoms with E-state index in [0.717, 1.165) is 18.2 Å². The summed E-state index contributed by atoms with van der Waals surface area (Å²) < 4.78 is 39.5. The number of alkyl carbamates (subject to hydrolysis) is 1. The smallest absolute Gasteiger partial charge is 0.410 e. The van der Waals surface area contributed by atoms with Gasteiger partial charge in [0.2, 0.25) is 0 Å². The summed E-state index contributed by atoms with van der Waals surface area (Å²) in [6.07, 6.45) is 2.60. The number of fused-ring (bicyclic) bond motifs is 4. The number of benzene rings is 2. The molecule has 0 saturated carbocycles. The van der Waals surface area contributed by atoms with Crippen molar-refractivity contribution in [2.24, 2.45) is 0 Å². The maximum Gasteiger partial charge on any atom is 0.410 e. The molecule has 282 valence electrons. The molecule has 3 saturated heterocycles. The molecule has 15 heteroatoms. The Hall–Kier alpha value is -4.53. The largest absolute Gasteiger partial charge is 0.462 e. The molecule has 3 aliphatic heterocycles. The van der Waals surface area contributed by atoms with Gasteiger partial charge in [-0.25, -0.2) is 14.0 Å². The van der Waals surface area contributed by atoms with Gasteiger partial charge in [-0.2, -0.15) is 9.97 Å². The molecule has 1 N–H and O–H groups in total. The lowest BCUT2D eigenvalue weighted by atomic mass is 10.0. The number of halogens is 2. The number of nitrogens with one attached hydrogen (secondary N) is 1. The van der Waals surface area contributed by atoms with E-state index in [2.05, 4.69) is 25.1 Å². The van der Waals surface area contributed by atoms with Crippen LogP contribution in [0.1, 0.15) is 40.0 Å². The van der Waals surface area contributed by atoms with Gasteiger partial charge in [0, 0.05) is 67.9 Å². The zero-order valence-electron chi connectivity index (χ0n) is 30.6. The minimum atomic E-state index is -0.621. The van der Waals surface area contributed by atoms with E-state index in [0.29, 0.717) is 66.4 Å². The Kier molecular flexibility index (Phi) is 10.5. The summed E-state index contributed by atoms with van der Waals surface area (Å²) >= 11 is 6.64. The van der Waals surface area contributed by atoms with E-state index in [1.54, 1.807) is 25.4 Å². The Morgan fingerprint density at radius 3 is 2.51 bits per heavy atom. The van der Waals surface area contributed by atoms with Crippen molar-refractivity contribution in [2.75, 3.05) is 58.5 Å². The summed E-state index contributed by atoms with van der Waals surface area (Å²) in [5, 5.41) is 5.15. The molecule has 2 aromatic carbocycles. The Bertz CT molecular complexity index is 1990. The molecule has 4 atom stereocenters. The fourth-order valence-corrected chi connectivity index (χ4v) is 7.91. The van der Waals surface area contributed by atoms with Crippen LogP contribution in [0.2, 0.25) is 5.02 Å². The molecule has 13 nitrogen and oxygen atoms in total. The lowest BCUT2D eigenvalue weighted by molar-refractivity contribution is 0.0122. The highest BCUT2D eigenvalue weighted by molar-refractivity contribution is 6.36. The summed E-state index contributed by atoms with van der Waals surface area (Å²) in [5.74, 6) is -0.141. The molecule has 5 heterocycles. The van der Waals surface area contributed by atoms with Gasteiger partial charge in [0.25, 0.3) is 0 Å². The zero-order valence-corrected chi connectivity index (χ0v) is 31.4. The quantitative estimate of drug-likeness (QED) is 0.201. The number of piperazine rings is 1. The molecule has 2 aromatic heterocycles. The predicted molar refractivity (Wildman–Crippen MR) is 199 cm³/mol. The molecule has 0 radical (unpaired) electrons. The second-order valence-electron chi connectivity index (χ2n) is 14.9. The average Bonchev–Trinajstić information content (AvgIpc) is 3.60. The van der Waals surface area contributed by atoms with Gasteiger partial charge in [-0.3, -0.25) is 14.8 Å². The SMILES string of the molecule is COCCNC(=O)O[C@@H]1C[C@@H](COc2nc(N3C[C@H]4CC[C@@H](C3)N4C(=O)OC(C)(C)C)c3cnc(-c4cccc5cccc(Cl)c45)c(F)c3n2)N(C)C1. The van der Waals surface area contributed by atoms with Crippen molar-refractivity contribution in [3.63, 3.8) is 0 Å². The number of nitrogens with zero attached hydrogens (tertiary/aromatic N) is 6. The van der Waals surface area contributed by atoms with E-state index in [4.69, 9.17) is 35.5 Å². The van der Waals surface area contributed by atoms with E-state index in [1.807, 2.05) is 57.0 Å². The molecule has 2 amide bonds. The van der Waals surface area contributed by atoms with Crippen LogP contribution < -0.4 is 15.0 Å². The maximum absolute atomic E-state index is 16.9. The summed E-state index contributed by atoms with van der Waals surface area (Å²) in [5.41, 5.74) is 0.105. The highest BCUT2D eigenvalue weighted by Gasteiger charge is 2.45. The molecule has 4 aromatic rings. The first-order valence-electron chi connectivity index (χ1n) is 18.0. The number of pyridine rings is 1. The Labute approximate surface area is 312 Å². The van der Waals surface area contributed by atoms with Crippen LogP contribution >= 0.6 is 11.6 Å². The Morgan fingerprint density at radius 2 is 1.79 bits per heavy atom. The summed E-state index contributed by atoms with van der Waals surface area (Å²) in [6, 6.07) is 10.8. The number of hydrogen-bond acceptors (Lipinski definition) is 11. The van der Waals surface area contributed by atoms with Crippen LogP contribution in [-0.2, 0) is 14.2 Å². The summed E-state index contributed by atoms with van der Waals surface area (Å²) in [4.78, 5) is 45.6. The van der Waals surface area contributed by atoms with Crippen LogP contribution in [-0.4, -0.2) is 120 Å². The van der Waals surface area contributed by atoms with E-state index in [1.165, 1.54) is 0 Å². The topological polar surface area (TPSA) is 131 Å². The first-order chi connectivity index (χ1) is 25.4. The number of carbonyl (C=O) groups excluding carboxylic acids is 2. The normalized spacial score (nSPS) is 21.7. The second kappa shape index (κ2) is 15.1. The van der Waals surface area contributed by atoms with Crippen LogP contribution in [0, 0.1) is 5.82 Å². The number of methoxy groups -OCH3 is 1. The van der Waals surface area contributed by atoms with Crippen LogP contribution in [0.25, 0.3) is 32.9 Å². The first-order valence-corrected chi connectivity index (χ1v) is 18.3. The van der Waals surface area contributed by atoms with Crippen molar-refractivity contribution in [2.45, 2.75) is 69.9 Å². The number of rotatable bonds is 9. The molecule has 0 aliphatic carbocycles. The molecular weight excluding hydrogens is 705 g/mol. The van der Waals surface area contributed by atoms with Crippen LogP contribution in [0.4, 0.5) is 19.8 Å². The minimum Gasteiger partial charge on any atom is -0.462 e. The van der Waals surface area contributed by atoms with Gasteiger partial charge in [-0.1, -0.05) is 41.9 Å². The highest BCUT2D eigenvalue weighted by atomic mass is 35.5. The van der Waals surface area contributed by atoms with Crippen molar-refractivity contribution in [1.82, 2.24) is 30.1 Å². The van der Waals surface area contributed by atoms with Gasteiger partial charge in [0.05, 0.1) is 24.1 Å². The van der Waals surface area contributed by atoms with Gasteiger partial charge in [-0.15, -0.1) is 0 Å². The van der Waals surface area contributed by atoms with Crippen LogP contribution in [0.5, 0.6) is 6.01 Å². The maximum atomic E-state index is 16.9. The number of amides is 2. The van der Waals surface area contributed by atoms with E-state index in [9.17, 15) is 9.59 Å². The number of likely N-dealkylation sites (N-methyl/N-ethyl adjacent to an activating group) is 1. The van der Waals surface area contributed by atoms with Crippen LogP contribution in [0.3, 0.4) is 0 Å². The van der Waals surface area contributed by atoms with Crippen molar-refractivity contribution < 1.29 is 32.9 Å². The zero-order chi connectivity index (χ0) is 37.4. The monoisotopic (exact) mass is 749 g/mol. The lowest BCUT2D eigenvalue weighted by Crippen LogP contribution is -2.57. The fourth-order valence-electron chi connectivity index (χ4n) is 7.62. The van der Waals surface area contributed by atoms with Gasteiger partial charge in [0.15, 0.2) is 5.82 Å². The van der Waals surface area contributed by atoms with Crippen molar-refractivity contribution in [3.05, 3.63) is 53.4 Å². The van der Waals surface area contributed by atoms with Crippen molar-refractivity contribution >= 4 is 51.3 Å². The molecule has 3 fully saturated rings. The summed E-state index contributed by atoms with van der Waals surface area (Å²) in [6.45, 7) is 7.97. The van der Waals surface area contributed by atoms with E-state index >= 15 is 4.39 Å². The van der Waals surface area contributed by atoms with Gasteiger partial charge >= 0.3 is 18.2 Å². The van der Waals surface area contributed by atoms with Gasteiger partial charge < -0.3 is 29.2 Å². The van der Waals surface area contributed by atoms with E-state index < -0.39 is 17.5 Å². The number of ether oxygens (including phenoxy) is 4. The molecule has 3 aliphatic rings. The molecule has 0 unspecified atom stereocenters. The molecule has 2 bridgehead atoms. The lowest BCUT2D eigenvalue weighted by Gasteiger charge is -2.42. The average molecular weight is 750 g/mol. The molecule has 53 heavy (non-hydrogen) atoms. The second-order valence-corrected chi connectivity index (χ2v) is 15.3. The third kappa shape index (κ3) is 7.76.